The first-order chi connectivity index (χ1) is 12.2. The third-order valence-electron chi connectivity index (χ3n) is 4.41. The Morgan fingerprint density at radius 1 is 1.16 bits per heavy atom. The van der Waals surface area contributed by atoms with Gasteiger partial charge in [0.05, 0.1) is 5.56 Å². The number of carbonyl (C=O) groups excluding carboxylic acids is 1. The minimum atomic E-state index is -0.278. The third-order valence-corrected chi connectivity index (χ3v) is 5.35. The van der Waals surface area contributed by atoms with E-state index in [-0.39, 0.29) is 11.7 Å². The van der Waals surface area contributed by atoms with E-state index in [0.29, 0.717) is 5.56 Å². The van der Waals surface area contributed by atoms with E-state index in [4.69, 9.17) is 0 Å². The first kappa shape index (κ1) is 17.8. The lowest BCUT2D eigenvalue weighted by atomic mass is 10.1. The number of phenols is 1. The number of benzene rings is 2. The molecule has 1 amide bonds. The highest BCUT2D eigenvalue weighted by molar-refractivity contribution is 7.99. The topological polar surface area (TPSA) is 52.6 Å². The SMILES string of the molecule is CCc1ccc(O)c(C(=O)Nc2cccc(CN3CCSCC3)c2)c1. The van der Waals surface area contributed by atoms with Crippen molar-refractivity contribution in [2.24, 2.45) is 0 Å². The highest BCUT2D eigenvalue weighted by atomic mass is 32.2. The van der Waals surface area contributed by atoms with Crippen molar-refractivity contribution < 1.29 is 9.90 Å². The summed E-state index contributed by atoms with van der Waals surface area (Å²) in [6.07, 6.45) is 0.824. The van der Waals surface area contributed by atoms with Crippen LogP contribution >= 0.6 is 11.8 Å². The molecule has 132 valence electrons. The van der Waals surface area contributed by atoms with Crippen molar-refractivity contribution in [2.45, 2.75) is 19.9 Å². The van der Waals surface area contributed by atoms with E-state index < -0.39 is 0 Å². The van der Waals surface area contributed by atoms with Gasteiger partial charge in [-0.25, -0.2) is 0 Å². The molecule has 0 spiro atoms. The molecule has 4 nitrogen and oxygen atoms in total. The average molecular weight is 356 g/mol. The number of amides is 1. The fourth-order valence-electron chi connectivity index (χ4n) is 2.95. The molecule has 3 rings (SSSR count). The molecule has 1 heterocycles. The second kappa shape index (κ2) is 8.41. The number of thioether (sulfide) groups is 1. The molecule has 0 radical (unpaired) electrons. The number of aryl methyl sites for hydroxylation is 1. The summed E-state index contributed by atoms with van der Waals surface area (Å²) in [7, 11) is 0. The van der Waals surface area contributed by atoms with Crippen molar-refractivity contribution in [3.8, 4) is 5.75 Å². The monoisotopic (exact) mass is 356 g/mol. The van der Waals surface area contributed by atoms with E-state index in [9.17, 15) is 9.90 Å². The lowest BCUT2D eigenvalue weighted by Crippen LogP contribution is -2.31. The summed E-state index contributed by atoms with van der Waals surface area (Å²) in [4.78, 5) is 15.0. The molecule has 0 saturated carbocycles. The van der Waals surface area contributed by atoms with Gasteiger partial charge in [-0.3, -0.25) is 9.69 Å². The van der Waals surface area contributed by atoms with Crippen molar-refractivity contribution >= 4 is 23.4 Å². The molecule has 1 saturated heterocycles. The highest BCUT2D eigenvalue weighted by Crippen LogP contribution is 2.21. The van der Waals surface area contributed by atoms with Gasteiger partial charge in [-0.05, 0) is 41.8 Å². The largest absolute Gasteiger partial charge is 0.507 e. The second-order valence-corrected chi connectivity index (χ2v) is 7.47. The van der Waals surface area contributed by atoms with E-state index in [2.05, 4.69) is 16.3 Å². The molecule has 5 heteroatoms. The molecular formula is C20H24N2O2S. The van der Waals surface area contributed by atoms with Crippen LogP contribution in [-0.2, 0) is 13.0 Å². The van der Waals surface area contributed by atoms with E-state index in [1.54, 1.807) is 12.1 Å². The van der Waals surface area contributed by atoms with Crippen molar-refractivity contribution in [3.05, 3.63) is 59.2 Å². The van der Waals surface area contributed by atoms with E-state index in [0.717, 1.165) is 37.3 Å². The molecule has 0 bridgehead atoms. The van der Waals surface area contributed by atoms with E-state index in [1.165, 1.54) is 17.1 Å². The summed E-state index contributed by atoms with van der Waals surface area (Å²) in [6, 6.07) is 13.1. The fraction of sp³-hybridized carbons (Fsp3) is 0.350. The van der Waals surface area contributed by atoms with Gasteiger partial charge in [0.25, 0.3) is 5.91 Å². The van der Waals surface area contributed by atoms with Gasteiger partial charge in [0.1, 0.15) is 5.75 Å². The van der Waals surface area contributed by atoms with Gasteiger partial charge in [0, 0.05) is 36.8 Å². The van der Waals surface area contributed by atoms with Crippen molar-refractivity contribution in [3.63, 3.8) is 0 Å². The fourth-order valence-corrected chi connectivity index (χ4v) is 3.93. The average Bonchev–Trinajstić information content (AvgIpc) is 2.63. The van der Waals surface area contributed by atoms with Crippen LogP contribution in [0.25, 0.3) is 0 Å². The zero-order valence-corrected chi connectivity index (χ0v) is 15.3. The van der Waals surface area contributed by atoms with Gasteiger partial charge in [0.2, 0.25) is 0 Å². The molecule has 25 heavy (non-hydrogen) atoms. The Hall–Kier alpha value is -1.98. The van der Waals surface area contributed by atoms with Gasteiger partial charge in [-0.2, -0.15) is 11.8 Å². The van der Waals surface area contributed by atoms with Crippen LogP contribution in [0.5, 0.6) is 5.75 Å². The molecule has 0 atom stereocenters. The van der Waals surface area contributed by atoms with Crippen LogP contribution in [0.3, 0.4) is 0 Å². The summed E-state index contributed by atoms with van der Waals surface area (Å²) in [6.45, 7) is 5.15. The van der Waals surface area contributed by atoms with Gasteiger partial charge >= 0.3 is 0 Å². The summed E-state index contributed by atoms with van der Waals surface area (Å²) >= 11 is 2.00. The Balaban J connectivity index is 1.70. The van der Waals surface area contributed by atoms with Gasteiger partial charge in [0.15, 0.2) is 0 Å². The number of hydrogen-bond acceptors (Lipinski definition) is 4. The standard InChI is InChI=1S/C20H24N2O2S/c1-2-15-6-7-19(23)18(13-15)20(24)21-17-5-3-4-16(12-17)14-22-8-10-25-11-9-22/h3-7,12-13,23H,2,8-11,14H2,1H3,(H,21,24). The third kappa shape index (κ3) is 4.77. The number of carbonyl (C=O) groups is 1. The van der Waals surface area contributed by atoms with E-state index in [1.807, 2.05) is 43.0 Å². The summed E-state index contributed by atoms with van der Waals surface area (Å²) < 4.78 is 0. The molecular weight excluding hydrogens is 332 g/mol. The molecule has 1 aliphatic heterocycles. The Labute approximate surface area is 153 Å². The first-order valence-electron chi connectivity index (χ1n) is 8.68. The first-order valence-corrected chi connectivity index (χ1v) is 9.83. The predicted molar refractivity (Wildman–Crippen MR) is 104 cm³/mol. The van der Waals surface area contributed by atoms with Gasteiger partial charge in [-0.1, -0.05) is 25.1 Å². The molecule has 2 aromatic rings. The number of phenolic OH excluding ortho intramolecular Hbond substituents is 1. The van der Waals surface area contributed by atoms with Gasteiger partial charge < -0.3 is 10.4 Å². The molecule has 1 aliphatic rings. The number of hydrogen-bond donors (Lipinski definition) is 2. The summed E-state index contributed by atoms with van der Waals surface area (Å²) in [5.41, 5.74) is 3.30. The lowest BCUT2D eigenvalue weighted by Gasteiger charge is -2.26. The molecule has 2 N–H and O–H groups in total. The molecule has 1 fully saturated rings. The van der Waals surface area contributed by atoms with Crippen LogP contribution in [0.4, 0.5) is 5.69 Å². The number of nitrogens with one attached hydrogen (secondary N) is 1. The van der Waals surface area contributed by atoms with Crippen molar-refractivity contribution in [1.82, 2.24) is 4.90 Å². The Morgan fingerprint density at radius 2 is 1.96 bits per heavy atom. The second-order valence-electron chi connectivity index (χ2n) is 6.25. The molecule has 2 aromatic carbocycles. The number of anilines is 1. The molecule has 0 aromatic heterocycles. The van der Waals surface area contributed by atoms with Gasteiger partial charge in [-0.15, -0.1) is 0 Å². The summed E-state index contributed by atoms with van der Waals surface area (Å²) in [5, 5.41) is 12.9. The molecule has 0 unspecified atom stereocenters. The summed E-state index contributed by atoms with van der Waals surface area (Å²) in [5.74, 6) is 2.10. The predicted octanol–water partition coefficient (Wildman–Crippen LogP) is 3.76. The molecule has 0 aliphatic carbocycles. The highest BCUT2D eigenvalue weighted by Gasteiger charge is 2.14. The minimum Gasteiger partial charge on any atom is -0.507 e. The maximum absolute atomic E-state index is 12.5. The Morgan fingerprint density at radius 3 is 2.72 bits per heavy atom. The smallest absolute Gasteiger partial charge is 0.259 e. The Bertz CT molecular complexity index is 742. The van der Waals surface area contributed by atoms with Crippen LogP contribution in [0.2, 0.25) is 0 Å². The number of rotatable bonds is 5. The minimum absolute atomic E-state index is 0.0108. The zero-order chi connectivity index (χ0) is 17.6. The lowest BCUT2D eigenvalue weighted by molar-refractivity contribution is 0.102. The Kier molecular flexibility index (Phi) is 6.00. The van der Waals surface area contributed by atoms with Crippen molar-refractivity contribution in [1.29, 1.82) is 0 Å². The maximum atomic E-state index is 12.5. The van der Waals surface area contributed by atoms with E-state index >= 15 is 0 Å². The number of nitrogens with zero attached hydrogens (tertiary/aromatic N) is 1. The zero-order valence-electron chi connectivity index (χ0n) is 14.5. The van der Waals surface area contributed by atoms with Crippen LogP contribution in [0, 0.1) is 0 Å². The van der Waals surface area contributed by atoms with Crippen LogP contribution in [-0.4, -0.2) is 40.5 Å². The van der Waals surface area contributed by atoms with Crippen LogP contribution in [0.15, 0.2) is 42.5 Å². The quantitative estimate of drug-likeness (QED) is 0.857. The number of aromatic hydroxyl groups is 1. The normalized spacial score (nSPS) is 15.1. The maximum Gasteiger partial charge on any atom is 0.259 e. The van der Waals surface area contributed by atoms with Crippen LogP contribution in [0.1, 0.15) is 28.4 Å². The van der Waals surface area contributed by atoms with Crippen LogP contribution < -0.4 is 5.32 Å². The van der Waals surface area contributed by atoms with Crippen molar-refractivity contribution in [2.75, 3.05) is 29.9 Å².